The Bertz CT molecular complexity index is 517. The van der Waals surface area contributed by atoms with Gasteiger partial charge in [0.25, 0.3) is 0 Å². The minimum absolute atomic E-state index is 0.0358. The lowest BCUT2D eigenvalue weighted by atomic mass is 10.1. The minimum Gasteiger partial charge on any atom is -0.395 e. The van der Waals surface area contributed by atoms with E-state index >= 15 is 0 Å². The van der Waals surface area contributed by atoms with Crippen molar-refractivity contribution in [2.24, 2.45) is 5.73 Å². The van der Waals surface area contributed by atoms with Crippen molar-refractivity contribution in [1.29, 1.82) is 0 Å². The number of hydrogen-bond donors (Lipinski definition) is 2. The predicted octanol–water partition coefficient (Wildman–Crippen LogP) is 0.336. The maximum absolute atomic E-state index is 12.5. The van der Waals surface area contributed by atoms with Crippen LogP contribution >= 0.6 is 0 Å². The van der Waals surface area contributed by atoms with E-state index in [0.717, 1.165) is 5.56 Å². The van der Waals surface area contributed by atoms with Crippen molar-refractivity contribution < 1.29 is 18.3 Å². The summed E-state index contributed by atoms with van der Waals surface area (Å²) in [5, 5.41) is 9.02. The molecule has 0 bridgehead atoms. The maximum Gasteiger partial charge on any atom is 0.243 e. The molecule has 0 fully saturated rings. The fourth-order valence-electron chi connectivity index (χ4n) is 1.76. The van der Waals surface area contributed by atoms with Crippen LogP contribution in [0, 0.1) is 0 Å². The van der Waals surface area contributed by atoms with E-state index in [1.165, 1.54) is 17.5 Å². The van der Waals surface area contributed by atoms with E-state index < -0.39 is 10.0 Å². The van der Waals surface area contributed by atoms with E-state index in [0.29, 0.717) is 0 Å². The standard InChI is InChI=1S/C13H22N2O4S/c1-11(14)12-4-3-5-13(10-12)20(17,18)15(6-8-16)7-9-19-2/h3-5,10-11,16H,6-9,14H2,1-2H3. The third-order valence-corrected chi connectivity index (χ3v) is 4.81. The van der Waals surface area contributed by atoms with Gasteiger partial charge in [-0.25, -0.2) is 8.42 Å². The summed E-state index contributed by atoms with van der Waals surface area (Å²) in [6.45, 7) is 2.06. The molecule has 7 heteroatoms. The zero-order valence-corrected chi connectivity index (χ0v) is 12.6. The summed E-state index contributed by atoms with van der Waals surface area (Å²) in [4.78, 5) is 0.178. The zero-order valence-electron chi connectivity index (χ0n) is 11.8. The first-order valence-electron chi connectivity index (χ1n) is 6.39. The quantitative estimate of drug-likeness (QED) is 0.722. The fraction of sp³-hybridized carbons (Fsp3) is 0.538. The van der Waals surface area contributed by atoms with Crippen LogP contribution in [-0.2, 0) is 14.8 Å². The van der Waals surface area contributed by atoms with Crippen LogP contribution in [0.25, 0.3) is 0 Å². The number of nitrogens with zero attached hydrogens (tertiary/aromatic N) is 1. The van der Waals surface area contributed by atoms with Gasteiger partial charge in [-0.3, -0.25) is 0 Å². The van der Waals surface area contributed by atoms with Crippen LogP contribution in [0.3, 0.4) is 0 Å². The minimum atomic E-state index is -3.65. The second-order valence-electron chi connectivity index (χ2n) is 4.48. The van der Waals surface area contributed by atoms with Gasteiger partial charge in [-0.15, -0.1) is 0 Å². The molecule has 0 aliphatic rings. The van der Waals surface area contributed by atoms with Gasteiger partial charge in [0.1, 0.15) is 0 Å². The van der Waals surface area contributed by atoms with Crippen LogP contribution in [0.1, 0.15) is 18.5 Å². The molecule has 20 heavy (non-hydrogen) atoms. The number of methoxy groups -OCH3 is 1. The Hall–Kier alpha value is -0.990. The third kappa shape index (κ3) is 4.26. The summed E-state index contributed by atoms with van der Waals surface area (Å²) in [7, 11) is -2.15. The summed E-state index contributed by atoms with van der Waals surface area (Å²) in [6, 6.07) is 6.31. The number of aliphatic hydroxyl groups excluding tert-OH is 1. The SMILES string of the molecule is COCCN(CCO)S(=O)(=O)c1cccc(C(C)N)c1. The number of hydrogen-bond acceptors (Lipinski definition) is 5. The van der Waals surface area contributed by atoms with Crippen molar-refractivity contribution >= 4 is 10.0 Å². The lowest BCUT2D eigenvalue weighted by molar-refractivity contribution is 0.168. The number of rotatable bonds is 8. The van der Waals surface area contributed by atoms with Crippen LogP contribution in [0.15, 0.2) is 29.2 Å². The topological polar surface area (TPSA) is 92.9 Å². The van der Waals surface area contributed by atoms with Gasteiger partial charge in [0, 0.05) is 26.2 Å². The second-order valence-corrected chi connectivity index (χ2v) is 6.42. The molecule has 0 amide bonds. The average molecular weight is 302 g/mol. The number of benzene rings is 1. The first-order valence-corrected chi connectivity index (χ1v) is 7.83. The molecule has 0 aliphatic heterocycles. The van der Waals surface area contributed by atoms with Crippen LogP contribution in [0.2, 0.25) is 0 Å². The molecular weight excluding hydrogens is 280 g/mol. The number of ether oxygens (including phenoxy) is 1. The Balaban J connectivity index is 3.08. The van der Waals surface area contributed by atoms with Crippen molar-refractivity contribution in [2.75, 3.05) is 33.4 Å². The van der Waals surface area contributed by atoms with Crippen molar-refractivity contribution in [1.82, 2.24) is 4.31 Å². The molecule has 3 N–H and O–H groups in total. The van der Waals surface area contributed by atoms with Gasteiger partial charge in [0.15, 0.2) is 0 Å². The van der Waals surface area contributed by atoms with E-state index in [1.807, 2.05) is 0 Å². The molecule has 1 atom stereocenters. The largest absolute Gasteiger partial charge is 0.395 e. The first kappa shape index (κ1) is 17.1. The Morgan fingerprint density at radius 2 is 2.10 bits per heavy atom. The van der Waals surface area contributed by atoms with Crippen LogP contribution in [0.5, 0.6) is 0 Å². The molecule has 1 aromatic rings. The zero-order chi connectivity index (χ0) is 15.2. The Labute approximate surface area is 120 Å². The molecule has 0 aromatic heterocycles. The highest BCUT2D eigenvalue weighted by atomic mass is 32.2. The molecule has 0 saturated carbocycles. The van der Waals surface area contributed by atoms with Crippen LogP contribution < -0.4 is 5.73 Å². The number of aliphatic hydroxyl groups is 1. The molecule has 6 nitrogen and oxygen atoms in total. The molecule has 0 spiro atoms. The Morgan fingerprint density at radius 1 is 1.40 bits per heavy atom. The smallest absolute Gasteiger partial charge is 0.243 e. The fourth-order valence-corrected chi connectivity index (χ4v) is 3.23. The lowest BCUT2D eigenvalue weighted by Crippen LogP contribution is -2.36. The molecule has 1 unspecified atom stereocenters. The van der Waals surface area contributed by atoms with Gasteiger partial charge in [-0.2, -0.15) is 4.31 Å². The number of sulfonamides is 1. The van der Waals surface area contributed by atoms with Gasteiger partial charge < -0.3 is 15.6 Å². The van der Waals surface area contributed by atoms with Gasteiger partial charge in [0.05, 0.1) is 18.1 Å². The summed E-state index contributed by atoms with van der Waals surface area (Å²) in [6.07, 6.45) is 0. The van der Waals surface area contributed by atoms with Gasteiger partial charge >= 0.3 is 0 Å². The highest BCUT2D eigenvalue weighted by molar-refractivity contribution is 7.89. The molecule has 114 valence electrons. The third-order valence-electron chi connectivity index (χ3n) is 2.92. The highest BCUT2D eigenvalue weighted by Crippen LogP contribution is 2.19. The number of nitrogens with two attached hydrogens (primary N) is 1. The van der Waals surface area contributed by atoms with Crippen molar-refractivity contribution in [3.05, 3.63) is 29.8 Å². The highest BCUT2D eigenvalue weighted by Gasteiger charge is 2.24. The molecule has 1 aromatic carbocycles. The summed E-state index contributed by atoms with van der Waals surface area (Å²) >= 11 is 0. The van der Waals surface area contributed by atoms with Gasteiger partial charge in [-0.05, 0) is 24.6 Å². The predicted molar refractivity (Wildman–Crippen MR) is 76.8 cm³/mol. The van der Waals surface area contributed by atoms with E-state index in [-0.39, 0.29) is 37.2 Å². The Morgan fingerprint density at radius 3 is 2.65 bits per heavy atom. The van der Waals surface area contributed by atoms with Crippen molar-refractivity contribution in [2.45, 2.75) is 17.9 Å². The van der Waals surface area contributed by atoms with E-state index in [9.17, 15) is 8.42 Å². The second kappa shape index (κ2) is 7.70. The maximum atomic E-state index is 12.5. The first-order chi connectivity index (χ1) is 9.43. The average Bonchev–Trinajstić information content (AvgIpc) is 2.43. The van der Waals surface area contributed by atoms with Crippen molar-refractivity contribution in [3.63, 3.8) is 0 Å². The summed E-state index contributed by atoms with van der Waals surface area (Å²) in [5.74, 6) is 0. The molecular formula is C13H22N2O4S. The summed E-state index contributed by atoms with van der Waals surface area (Å²) < 4.78 is 31.2. The Kier molecular flexibility index (Phi) is 6.57. The molecule has 0 aliphatic carbocycles. The molecule has 1 rings (SSSR count). The normalized spacial score (nSPS) is 13.7. The van der Waals surface area contributed by atoms with Crippen molar-refractivity contribution in [3.8, 4) is 0 Å². The molecule has 0 heterocycles. The lowest BCUT2D eigenvalue weighted by Gasteiger charge is -2.21. The van der Waals surface area contributed by atoms with Gasteiger partial charge in [-0.1, -0.05) is 12.1 Å². The van der Waals surface area contributed by atoms with E-state index in [1.54, 1.807) is 25.1 Å². The monoisotopic (exact) mass is 302 g/mol. The van der Waals surface area contributed by atoms with Gasteiger partial charge in [0.2, 0.25) is 10.0 Å². The summed E-state index contributed by atoms with van der Waals surface area (Å²) in [5.41, 5.74) is 6.52. The van der Waals surface area contributed by atoms with Crippen LogP contribution in [-0.4, -0.2) is 51.2 Å². The van der Waals surface area contributed by atoms with Crippen LogP contribution in [0.4, 0.5) is 0 Å². The molecule has 0 saturated heterocycles. The van der Waals surface area contributed by atoms with E-state index in [2.05, 4.69) is 0 Å². The van der Waals surface area contributed by atoms with E-state index in [4.69, 9.17) is 15.6 Å². The molecule has 0 radical (unpaired) electrons.